The minimum absolute atomic E-state index is 0.0327. The van der Waals surface area contributed by atoms with Crippen molar-refractivity contribution in [3.63, 3.8) is 0 Å². The van der Waals surface area contributed by atoms with Crippen molar-refractivity contribution in [1.29, 1.82) is 0 Å². The average Bonchev–Trinajstić information content (AvgIpc) is 3.20. The lowest BCUT2D eigenvalue weighted by Crippen LogP contribution is -2.43. The molecule has 0 aliphatic carbocycles. The molecule has 172 valence electrons. The largest absolute Gasteiger partial charge is 0.494 e. The van der Waals surface area contributed by atoms with E-state index in [-0.39, 0.29) is 41.0 Å². The SMILES string of the molecule is COc1cccc(C(=O)Nc2cnn3c2C(=O)N(c2ccc(C(F)(F)F)cc2)C[C@@H]3C)c1F. The summed E-state index contributed by atoms with van der Waals surface area (Å²) in [6.07, 6.45) is -3.22. The molecule has 0 radical (unpaired) electrons. The van der Waals surface area contributed by atoms with E-state index in [1.54, 1.807) is 6.92 Å². The van der Waals surface area contributed by atoms with Crippen LogP contribution in [0.15, 0.2) is 48.7 Å². The van der Waals surface area contributed by atoms with Crippen LogP contribution in [0.4, 0.5) is 28.9 Å². The molecule has 2 heterocycles. The molecule has 7 nitrogen and oxygen atoms in total. The molecule has 33 heavy (non-hydrogen) atoms. The second-order valence-corrected chi connectivity index (χ2v) is 7.44. The highest BCUT2D eigenvalue weighted by atomic mass is 19.4. The van der Waals surface area contributed by atoms with Crippen LogP contribution < -0.4 is 15.0 Å². The smallest absolute Gasteiger partial charge is 0.416 e. The Balaban J connectivity index is 1.64. The summed E-state index contributed by atoms with van der Waals surface area (Å²) < 4.78 is 59.4. The zero-order valence-electron chi connectivity index (χ0n) is 17.5. The van der Waals surface area contributed by atoms with Crippen LogP contribution in [0.1, 0.15) is 39.4 Å². The van der Waals surface area contributed by atoms with Gasteiger partial charge in [0.15, 0.2) is 17.3 Å². The van der Waals surface area contributed by atoms with Gasteiger partial charge in [0, 0.05) is 12.2 Å². The summed E-state index contributed by atoms with van der Waals surface area (Å²) in [5.74, 6) is -2.34. The van der Waals surface area contributed by atoms with Crippen LogP contribution in [0.2, 0.25) is 0 Å². The Hall–Kier alpha value is -3.89. The highest BCUT2D eigenvalue weighted by molar-refractivity contribution is 6.13. The van der Waals surface area contributed by atoms with Crippen LogP contribution in [0, 0.1) is 5.82 Å². The number of nitrogens with zero attached hydrogens (tertiary/aromatic N) is 3. The van der Waals surface area contributed by atoms with Crippen molar-refractivity contribution in [3.05, 3.63) is 71.3 Å². The number of rotatable bonds is 4. The number of fused-ring (bicyclic) bond motifs is 1. The van der Waals surface area contributed by atoms with Gasteiger partial charge >= 0.3 is 6.18 Å². The fourth-order valence-electron chi connectivity index (χ4n) is 3.64. The number of carbonyl (C=O) groups excluding carboxylic acids is 2. The number of nitrogens with one attached hydrogen (secondary N) is 1. The second-order valence-electron chi connectivity index (χ2n) is 7.44. The molecule has 2 amide bonds. The Morgan fingerprint density at radius 2 is 1.88 bits per heavy atom. The van der Waals surface area contributed by atoms with E-state index in [0.29, 0.717) is 0 Å². The number of ether oxygens (including phenoxy) is 1. The van der Waals surface area contributed by atoms with E-state index in [1.807, 2.05) is 0 Å². The van der Waals surface area contributed by atoms with E-state index < -0.39 is 29.4 Å². The van der Waals surface area contributed by atoms with Gasteiger partial charge in [0.1, 0.15) is 0 Å². The number of amides is 2. The third-order valence-corrected chi connectivity index (χ3v) is 5.29. The first-order valence-electron chi connectivity index (χ1n) is 9.82. The van der Waals surface area contributed by atoms with Gasteiger partial charge in [-0.25, -0.2) is 4.39 Å². The Kier molecular flexibility index (Phi) is 5.56. The second kappa shape index (κ2) is 8.23. The summed E-state index contributed by atoms with van der Waals surface area (Å²) in [5.41, 5.74) is -0.767. The fraction of sp³-hybridized carbons (Fsp3) is 0.227. The summed E-state index contributed by atoms with van der Waals surface area (Å²) in [5, 5.41) is 6.65. The van der Waals surface area contributed by atoms with Crippen molar-refractivity contribution in [3.8, 4) is 5.75 Å². The number of carbonyl (C=O) groups is 2. The molecule has 0 saturated carbocycles. The molecule has 3 aromatic rings. The molecule has 4 rings (SSSR count). The molecule has 0 unspecified atom stereocenters. The number of anilines is 2. The van der Waals surface area contributed by atoms with Gasteiger partial charge in [0.25, 0.3) is 11.8 Å². The van der Waals surface area contributed by atoms with Crippen LogP contribution in [-0.2, 0) is 6.18 Å². The predicted molar refractivity (Wildman–Crippen MR) is 111 cm³/mol. The minimum Gasteiger partial charge on any atom is -0.494 e. The minimum atomic E-state index is -4.50. The van der Waals surface area contributed by atoms with E-state index in [4.69, 9.17) is 4.74 Å². The van der Waals surface area contributed by atoms with Crippen LogP contribution in [0.5, 0.6) is 5.75 Å². The first-order valence-corrected chi connectivity index (χ1v) is 9.82. The Labute approximate surface area is 185 Å². The van der Waals surface area contributed by atoms with Crippen LogP contribution >= 0.6 is 0 Å². The molecular weight excluding hydrogens is 444 g/mol. The van der Waals surface area contributed by atoms with E-state index in [1.165, 1.54) is 53.2 Å². The number of halogens is 4. The van der Waals surface area contributed by atoms with Crippen molar-refractivity contribution < 1.29 is 31.9 Å². The molecule has 11 heteroatoms. The standard InChI is InChI=1S/C22H18F4N4O3/c1-12-11-29(14-8-6-13(7-9-14)22(24,25)26)21(32)19-16(10-27-30(12)19)28-20(31)15-4-3-5-17(33-2)18(15)23/h3-10,12H,11H2,1-2H3,(H,28,31)/t12-/m0/s1. The van der Waals surface area contributed by atoms with E-state index in [0.717, 1.165) is 12.1 Å². The Bertz CT molecular complexity index is 1220. The molecule has 0 bridgehead atoms. The third-order valence-electron chi connectivity index (χ3n) is 5.29. The lowest BCUT2D eigenvalue weighted by atomic mass is 10.1. The van der Waals surface area contributed by atoms with Gasteiger partial charge in [0.2, 0.25) is 0 Å². The molecule has 1 N–H and O–H groups in total. The molecule has 1 aromatic heterocycles. The Morgan fingerprint density at radius 3 is 2.52 bits per heavy atom. The zero-order chi connectivity index (χ0) is 23.9. The monoisotopic (exact) mass is 462 g/mol. The van der Waals surface area contributed by atoms with Gasteiger partial charge in [-0.15, -0.1) is 0 Å². The van der Waals surface area contributed by atoms with Crippen molar-refractivity contribution in [1.82, 2.24) is 9.78 Å². The van der Waals surface area contributed by atoms with E-state index in [9.17, 15) is 27.2 Å². The first kappa shape index (κ1) is 22.3. The molecule has 0 saturated heterocycles. The maximum Gasteiger partial charge on any atom is 0.416 e. The van der Waals surface area contributed by atoms with Crippen LogP contribution in [0.3, 0.4) is 0 Å². The summed E-state index contributed by atoms with van der Waals surface area (Å²) in [6, 6.07) is 7.96. The topological polar surface area (TPSA) is 76.5 Å². The van der Waals surface area contributed by atoms with Crippen LogP contribution in [0.25, 0.3) is 0 Å². The quantitative estimate of drug-likeness (QED) is 0.579. The normalized spacial score (nSPS) is 15.9. The summed E-state index contributed by atoms with van der Waals surface area (Å²) in [4.78, 5) is 27.2. The summed E-state index contributed by atoms with van der Waals surface area (Å²) >= 11 is 0. The third kappa shape index (κ3) is 4.01. The van der Waals surface area contributed by atoms with Crippen molar-refractivity contribution in [2.45, 2.75) is 19.1 Å². The lowest BCUT2D eigenvalue weighted by Gasteiger charge is -2.32. The van der Waals surface area contributed by atoms with Crippen LogP contribution in [-0.4, -0.2) is 35.2 Å². The van der Waals surface area contributed by atoms with Gasteiger partial charge < -0.3 is 15.0 Å². The molecule has 2 aromatic carbocycles. The molecule has 1 atom stereocenters. The summed E-state index contributed by atoms with van der Waals surface area (Å²) in [7, 11) is 1.27. The molecule has 1 aliphatic rings. The van der Waals surface area contributed by atoms with Crippen molar-refractivity contribution in [2.75, 3.05) is 23.9 Å². The number of benzene rings is 2. The van der Waals surface area contributed by atoms with Gasteiger partial charge in [-0.3, -0.25) is 14.3 Å². The number of hydrogen-bond donors (Lipinski definition) is 1. The predicted octanol–water partition coefficient (Wildman–Crippen LogP) is 4.52. The maximum absolute atomic E-state index is 14.5. The molecule has 1 aliphatic heterocycles. The zero-order valence-corrected chi connectivity index (χ0v) is 17.5. The number of methoxy groups -OCH3 is 1. The molecule has 0 spiro atoms. The molecule has 0 fully saturated rings. The maximum atomic E-state index is 14.5. The van der Waals surface area contributed by atoms with Crippen molar-refractivity contribution in [2.24, 2.45) is 0 Å². The van der Waals surface area contributed by atoms with Gasteiger partial charge in [-0.05, 0) is 43.3 Å². The number of alkyl halides is 3. The highest BCUT2D eigenvalue weighted by Gasteiger charge is 2.35. The average molecular weight is 462 g/mol. The first-order chi connectivity index (χ1) is 15.6. The van der Waals surface area contributed by atoms with E-state index in [2.05, 4.69) is 10.4 Å². The van der Waals surface area contributed by atoms with Gasteiger partial charge in [-0.2, -0.15) is 18.3 Å². The van der Waals surface area contributed by atoms with Crippen molar-refractivity contribution >= 4 is 23.2 Å². The molecular formula is C22H18F4N4O3. The lowest BCUT2D eigenvalue weighted by molar-refractivity contribution is -0.137. The van der Waals surface area contributed by atoms with Gasteiger partial charge in [-0.1, -0.05) is 6.07 Å². The van der Waals surface area contributed by atoms with E-state index >= 15 is 0 Å². The Morgan fingerprint density at radius 1 is 1.18 bits per heavy atom. The van der Waals surface area contributed by atoms with Gasteiger partial charge in [0.05, 0.1) is 36.2 Å². The summed E-state index contributed by atoms with van der Waals surface area (Å²) in [6.45, 7) is 1.93. The number of hydrogen-bond acceptors (Lipinski definition) is 4. The highest BCUT2D eigenvalue weighted by Crippen LogP contribution is 2.34. The number of aromatic nitrogens is 2. The fourth-order valence-corrected chi connectivity index (χ4v) is 3.64.